The lowest BCUT2D eigenvalue weighted by Gasteiger charge is -2.17. The summed E-state index contributed by atoms with van der Waals surface area (Å²) >= 11 is 0. The molecule has 0 radical (unpaired) electrons. The molecule has 0 saturated heterocycles. The maximum atomic E-state index is 11.2. The van der Waals surface area contributed by atoms with Crippen molar-refractivity contribution >= 4 is 13.9 Å². The third-order valence-corrected chi connectivity index (χ3v) is 3.52. The lowest BCUT2D eigenvalue weighted by Crippen LogP contribution is -2.00. The van der Waals surface area contributed by atoms with Crippen molar-refractivity contribution in [2.45, 2.75) is 18.5 Å². The van der Waals surface area contributed by atoms with Gasteiger partial charge in [-0.3, -0.25) is 4.57 Å². The Balaban J connectivity index is 2.91. The van der Waals surface area contributed by atoms with E-state index in [1.54, 1.807) is 30.3 Å². The van der Waals surface area contributed by atoms with Crippen LogP contribution in [0.25, 0.3) is 0 Å². The molecule has 0 bridgehead atoms. The van der Waals surface area contributed by atoms with E-state index < -0.39 is 13.3 Å². The molecule has 1 unspecified atom stereocenters. The second-order valence-corrected chi connectivity index (χ2v) is 5.06. The molecule has 0 saturated carbocycles. The van der Waals surface area contributed by atoms with E-state index in [1.165, 1.54) is 0 Å². The minimum atomic E-state index is -4.19. The topological polar surface area (TPSA) is 74.6 Å². The second-order valence-electron chi connectivity index (χ2n) is 3.26. The minimum absolute atomic E-state index is 0.157. The number of carbonyl (C=O) groups is 1. The molecular weight excluding hydrogens is 215 g/mol. The fraction of sp³-hybridized carbons (Fsp3) is 0.300. The first-order valence-corrected chi connectivity index (χ1v) is 6.27. The molecule has 1 aromatic rings. The van der Waals surface area contributed by atoms with Crippen molar-refractivity contribution in [3.05, 3.63) is 35.9 Å². The maximum absolute atomic E-state index is 11.2. The molecule has 2 N–H and O–H groups in total. The zero-order valence-electron chi connectivity index (χ0n) is 8.11. The highest BCUT2D eigenvalue weighted by Gasteiger charge is 2.29. The highest BCUT2D eigenvalue weighted by atomic mass is 31.2. The van der Waals surface area contributed by atoms with Gasteiger partial charge in [0, 0.05) is 6.42 Å². The molecule has 1 aromatic carbocycles. The molecule has 15 heavy (non-hydrogen) atoms. The smallest absolute Gasteiger partial charge is 0.324 e. The van der Waals surface area contributed by atoms with E-state index >= 15 is 0 Å². The van der Waals surface area contributed by atoms with E-state index in [2.05, 4.69) is 0 Å². The van der Waals surface area contributed by atoms with Gasteiger partial charge in [-0.15, -0.1) is 0 Å². The number of hydrogen-bond donors (Lipinski definition) is 2. The molecule has 0 fully saturated rings. The predicted octanol–water partition coefficient (Wildman–Crippen LogP) is 1.88. The Morgan fingerprint density at radius 2 is 1.87 bits per heavy atom. The van der Waals surface area contributed by atoms with Crippen molar-refractivity contribution in [3.8, 4) is 0 Å². The van der Waals surface area contributed by atoms with Crippen LogP contribution in [0.1, 0.15) is 24.1 Å². The van der Waals surface area contributed by atoms with Gasteiger partial charge in [-0.25, -0.2) is 0 Å². The van der Waals surface area contributed by atoms with Gasteiger partial charge >= 0.3 is 7.60 Å². The minimum Gasteiger partial charge on any atom is -0.324 e. The van der Waals surface area contributed by atoms with Crippen LogP contribution in [0.3, 0.4) is 0 Å². The van der Waals surface area contributed by atoms with Crippen molar-refractivity contribution in [2.24, 2.45) is 0 Å². The van der Waals surface area contributed by atoms with Crippen LogP contribution in [0, 0.1) is 0 Å². The van der Waals surface area contributed by atoms with Crippen LogP contribution in [-0.4, -0.2) is 16.1 Å². The van der Waals surface area contributed by atoms with Crippen LogP contribution in [0.2, 0.25) is 0 Å². The number of benzene rings is 1. The summed E-state index contributed by atoms with van der Waals surface area (Å²) in [4.78, 5) is 28.5. The van der Waals surface area contributed by atoms with E-state index in [-0.39, 0.29) is 12.8 Å². The molecule has 5 heteroatoms. The summed E-state index contributed by atoms with van der Waals surface area (Å²) in [5.41, 5.74) is -0.295. The predicted molar refractivity (Wildman–Crippen MR) is 56.5 cm³/mol. The van der Waals surface area contributed by atoms with E-state index in [1.807, 2.05) is 0 Å². The lowest BCUT2D eigenvalue weighted by atomic mass is 10.1. The van der Waals surface area contributed by atoms with Crippen LogP contribution < -0.4 is 0 Å². The molecule has 0 heterocycles. The van der Waals surface area contributed by atoms with E-state index in [9.17, 15) is 9.36 Å². The summed E-state index contributed by atoms with van der Waals surface area (Å²) in [6.07, 6.45) is 1.01. The Hall–Kier alpha value is -0.960. The molecule has 0 aliphatic rings. The normalized spacial score (nSPS) is 13.5. The highest BCUT2D eigenvalue weighted by molar-refractivity contribution is 7.52. The van der Waals surface area contributed by atoms with Gasteiger partial charge in [0.2, 0.25) is 0 Å². The average Bonchev–Trinajstić information content (AvgIpc) is 2.18. The monoisotopic (exact) mass is 228 g/mol. The summed E-state index contributed by atoms with van der Waals surface area (Å²) < 4.78 is 11.2. The van der Waals surface area contributed by atoms with Crippen LogP contribution in [0.4, 0.5) is 0 Å². The van der Waals surface area contributed by atoms with Gasteiger partial charge < -0.3 is 14.6 Å². The summed E-state index contributed by atoms with van der Waals surface area (Å²) in [5, 5.41) is 0. The van der Waals surface area contributed by atoms with Crippen molar-refractivity contribution in [2.75, 3.05) is 0 Å². The summed E-state index contributed by atoms with van der Waals surface area (Å²) in [6, 6.07) is 8.54. The third kappa shape index (κ3) is 3.59. The maximum Gasteiger partial charge on any atom is 0.332 e. The van der Waals surface area contributed by atoms with Crippen molar-refractivity contribution in [1.82, 2.24) is 0 Å². The fourth-order valence-corrected chi connectivity index (χ4v) is 2.48. The van der Waals surface area contributed by atoms with Crippen LogP contribution in [0.5, 0.6) is 0 Å². The first-order chi connectivity index (χ1) is 7.05. The van der Waals surface area contributed by atoms with E-state index in [4.69, 9.17) is 9.79 Å². The van der Waals surface area contributed by atoms with E-state index in [0.29, 0.717) is 11.8 Å². The van der Waals surface area contributed by atoms with Gasteiger partial charge in [0.25, 0.3) is 0 Å². The van der Waals surface area contributed by atoms with E-state index in [0.717, 1.165) is 0 Å². The zero-order valence-corrected chi connectivity index (χ0v) is 9.01. The van der Waals surface area contributed by atoms with Gasteiger partial charge in [0.15, 0.2) is 0 Å². The summed E-state index contributed by atoms with van der Waals surface area (Å²) in [6.45, 7) is 0. The standard InChI is InChI=1S/C10H13O4P/c11-8-4-7-10(15(12,13)14)9-5-2-1-3-6-9/h1-3,5-6,8,10H,4,7H2,(H2,12,13,14). The number of aldehydes is 1. The average molecular weight is 228 g/mol. The molecule has 1 rings (SSSR count). The molecule has 1 atom stereocenters. The highest BCUT2D eigenvalue weighted by Crippen LogP contribution is 2.53. The number of hydrogen-bond acceptors (Lipinski definition) is 2. The SMILES string of the molecule is O=CCCC(c1ccccc1)P(=O)(O)O. The van der Waals surface area contributed by atoms with Gasteiger partial charge in [-0.05, 0) is 12.0 Å². The number of rotatable bonds is 5. The van der Waals surface area contributed by atoms with Crippen molar-refractivity contribution in [3.63, 3.8) is 0 Å². The Labute approximate surface area is 88.1 Å². The molecule has 4 nitrogen and oxygen atoms in total. The van der Waals surface area contributed by atoms with Crippen molar-refractivity contribution in [1.29, 1.82) is 0 Å². The van der Waals surface area contributed by atoms with Crippen LogP contribution in [-0.2, 0) is 9.36 Å². The summed E-state index contributed by atoms with van der Waals surface area (Å²) in [7, 11) is -4.19. The number of carbonyl (C=O) groups excluding carboxylic acids is 1. The van der Waals surface area contributed by atoms with Gasteiger partial charge in [0.1, 0.15) is 6.29 Å². The first-order valence-electron chi connectivity index (χ1n) is 4.59. The molecule has 0 aliphatic heterocycles. The Morgan fingerprint density at radius 1 is 1.27 bits per heavy atom. The molecule has 0 aromatic heterocycles. The Bertz CT molecular complexity index is 357. The quantitative estimate of drug-likeness (QED) is 0.596. The fourth-order valence-electron chi connectivity index (χ4n) is 1.43. The van der Waals surface area contributed by atoms with Gasteiger partial charge in [-0.2, -0.15) is 0 Å². The molecular formula is C10H13O4P. The van der Waals surface area contributed by atoms with Crippen LogP contribution in [0.15, 0.2) is 30.3 Å². The van der Waals surface area contributed by atoms with Crippen molar-refractivity contribution < 1.29 is 19.1 Å². The first kappa shape index (κ1) is 12.1. The summed E-state index contributed by atoms with van der Waals surface area (Å²) in [5.74, 6) is 0. The van der Waals surface area contributed by atoms with Gasteiger partial charge in [-0.1, -0.05) is 30.3 Å². The molecule has 82 valence electrons. The molecule has 0 spiro atoms. The third-order valence-electron chi connectivity index (χ3n) is 2.15. The Morgan fingerprint density at radius 3 is 2.33 bits per heavy atom. The Kier molecular flexibility index (Phi) is 4.21. The van der Waals surface area contributed by atoms with Crippen LogP contribution >= 0.6 is 7.60 Å². The molecule has 0 amide bonds. The lowest BCUT2D eigenvalue weighted by molar-refractivity contribution is -0.107. The molecule has 0 aliphatic carbocycles. The largest absolute Gasteiger partial charge is 0.332 e. The second kappa shape index (κ2) is 5.21. The zero-order chi connectivity index (χ0) is 11.3. The van der Waals surface area contributed by atoms with Gasteiger partial charge in [0.05, 0.1) is 5.66 Å².